The predicted octanol–water partition coefficient (Wildman–Crippen LogP) is 8.11. The van der Waals surface area contributed by atoms with Gasteiger partial charge in [-0.2, -0.15) is 0 Å². The molecule has 0 spiro atoms. The van der Waals surface area contributed by atoms with Gasteiger partial charge in [0.05, 0.1) is 11.2 Å². The first-order valence-electron chi connectivity index (χ1n) is 15.5. The molecule has 0 saturated heterocycles. The fourth-order valence-corrected chi connectivity index (χ4v) is 6.36. The summed E-state index contributed by atoms with van der Waals surface area (Å²) in [6.07, 6.45) is 7.69. The summed E-state index contributed by atoms with van der Waals surface area (Å²) in [5.74, 6) is -1.11. The molecule has 2 aliphatic rings. The van der Waals surface area contributed by atoms with Crippen molar-refractivity contribution < 1.29 is 23.8 Å². The minimum absolute atomic E-state index is 0.0732. The summed E-state index contributed by atoms with van der Waals surface area (Å²) in [5.41, 5.74) is 4.96. The number of pyridine rings is 1. The average molecular weight is 566 g/mol. The van der Waals surface area contributed by atoms with Crippen LogP contribution in [0.25, 0.3) is 16.5 Å². The largest absolute Gasteiger partial charge is 0.458 e. The van der Waals surface area contributed by atoms with Crippen LogP contribution in [0.3, 0.4) is 0 Å². The Hall–Kier alpha value is -2.86. The number of aromatic nitrogens is 1. The summed E-state index contributed by atoms with van der Waals surface area (Å²) in [6, 6.07) is 1.55. The zero-order valence-electron chi connectivity index (χ0n) is 26.5. The second kappa shape index (κ2) is 13.4. The first-order chi connectivity index (χ1) is 19.5. The van der Waals surface area contributed by atoms with Gasteiger partial charge in [0.25, 0.3) is 0 Å². The van der Waals surface area contributed by atoms with Crippen LogP contribution in [0.1, 0.15) is 121 Å². The Bertz CT molecular complexity index is 1390. The van der Waals surface area contributed by atoms with Gasteiger partial charge in [0.2, 0.25) is 0 Å². The third-order valence-corrected chi connectivity index (χ3v) is 8.68. The van der Waals surface area contributed by atoms with Gasteiger partial charge in [0, 0.05) is 28.5 Å². The number of nitrogens with zero attached hydrogens (tertiary/aromatic N) is 1. The van der Waals surface area contributed by atoms with Crippen molar-refractivity contribution in [3.63, 3.8) is 0 Å². The number of unbranched alkanes of at least 4 members (excludes halogenated alkanes) is 1. The monoisotopic (exact) mass is 565 g/mol. The Morgan fingerprint density at radius 1 is 1.27 bits per heavy atom. The van der Waals surface area contributed by atoms with Gasteiger partial charge in [-0.3, -0.25) is 4.79 Å². The molecule has 1 aromatic heterocycles. The Kier molecular flexibility index (Phi) is 10.7. The maximum absolute atomic E-state index is 15.1. The van der Waals surface area contributed by atoms with Crippen molar-refractivity contribution in [3.8, 4) is 0 Å². The number of esters is 1. The normalized spacial score (nSPS) is 20.7. The van der Waals surface area contributed by atoms with Gasteiger partial charge in [-0.05, 0) is 85.8 Å². The fourth-order valence-electron chi connectivity index (χ4n) is 6.36. The molecule has 2 atom stereocenters. The fraction of sp³-hybridized carbons (Fsp3) is 0.571. The van der Waals surface area contributed by atoms with Crippen LogP contribution in [-0.4, -0.2) is 34.1 Å². The zero-order valence-corrected chi connectivity index (χ0v) is 26.5. The zero-order chi connectivity index (χ0) is 30.6. The molecule has 41 heavy (non-hydrogen) atoms. The second-order valence-corrected chi connectivity index (χ2v) is 11.5. The molecule has 2 unspecified atom stereocenters. The van der Waals surface area contributed by atoms with Gasteiger partial charge >= 0.3 is 5.97 Å². The lowest BCUT2D eigenvalue weighted by atomic mass is 9.75. The smallest absolute Gasteiger partial charge is 0.343 e. The molecule has 0 bridgehead atoms. The lowest BCUT2D eigenvalue weighted by Gasteiger charge is -2.33. The van der Waals surface area contributed by atoms with Crippen LogP contribution in [0.5, 0.6) is 0 Å². The topological polar surface area (TPSA) is 76.5 Å². The number of Topliss-reactive ketones (excluding diaryl/α,β-unsaturated/α-hetero) is 1. The van der Waals surface area contributed by atoms with Gasteiger partial charge in [0.15, 0.2) is 11.4 Å². The van der Waals surface area contributed by atoms with E-state index in [2.05, 4.69) is 13.8 Å². The van der Waals surface area contributed by atoms with E-state index in [9.17, 15) is 14.7 Å². The van der Waals surface area contributed by atoms with Crippen LogP contribution in [0.4, 0.5) is 4.39 Å². The number of hydrogen-bond donors (Lipinski definition) is 1. The van der Waals surface area contributed by atoms with Crippen LogP contribution >= 0.6 is 0 Å². The highest BCUT2D eigenvalue weighted by atomic mass is 19.1. The molecule has 1 aliphatic carbocycles. The van der Waals surface area contributed by atoms with Gasteiger partial charge in [0.1, 0.15) is 12.4 Å². The van der Waals surface area contributed by atoms with Gasteiger partial charge in [-0.25, -0.2) is 14.2 Å². The van der Waals surface area contributed by atoms with Crippen molar-refractivity contribution in [2.45, 2.75) is 119 Å². The van der Waals surface area contributed by atoms with E-state index in [1.165, 1.54) is 5.56 Å². The lowest BCUT2D eigenvalue weighted by Crippen LogP contribution is -2.46. The van der Waals surface area contributed by atoms with Crippen LogP contribution in [0.15, 0.2) is 23.3 Å². The number of allylic oxidation sites excluding steroid dienone is 1. The van der Waals surface area contributed by atoms with E-state index in [0.717, 1.165) is 66.3 Å². The number of aliphatic hydroxyl groups is 1. The molecule has 6 heteroatoms. The lowest BCUT2D eigenvalue weighted by molar-refractivity contribution is -0.163. The number of aryl methyl sites for hydroxylation is 1. The van der Waals surface area contributed by atoms with Crippen molar-refractivity contribution in [1.82, 2.24) is 4.98 Å². The summed E-state index contributed by atoms with van der Waals surface area (Å²) in [7, 11) is 0. The highest BCUT2D eigenvalue weighted by molar-refractivity contribution is 6.03. The van der Waals surface area contributed by atoms with Crippen molar-refractivity contribution in [1.29, 1.82) is 0 Å². The Morgan fingerprint density at radius 2 is 1.95 bits per heavy atom. The molecule has 224 valence electrons. The molecular weight excluding hydrogens is 517 g/mol. The van der Waals surface area contributed by atoms with Crippen LogP contribution in [0, 0.1) is 18.7 Å². The summed E-state index contributed by atoms with van der Waals surface area (Å²) in [5, 5.41) is 12.5. The number of carbonyl (C=O) groups is 2. The van der Waals surface area contributed by atoms with E-state index >= 15 is 4.39 Å². The summed E-state index contributed by atoms with van der Waals surface area (Å²) >= 11 is 0. The minimum Gasteiger partial charge on any atom is -0.458 e. The maximum Gasteiger partial charge on any atom is 0.343 e. The highest BCUT2D eigenvalue weighted by Gasteiger charge is 2.45. The third kappa shape index (κ3) is 5.90. The predicted molar refractivity (Wildman–Crippen MR) is 164 cm³/mol. The second-order valence-electron chi connectivity index (χ2n) is 11.5. The van der Waals surface area contributed by atoms with E-state index in [-0.39, 0.29) is 36.1 Å². The molecule has 0 saturated carbocycles. The molecule has 5 nitrogen and oxygen atoms in total. The molecular formula is C35H48FNO4. The number of cyclic esters (lactones) is 1. The van der Waals surface area contributed by atoms with E-state index in [1.807, 2.05) is 27.7 Å². The molecule has 4 rings (SSSR count). The van der Waals surface area contributed by atoms with Crippen LogP contribution in [0.2, 0.25) is 0 Å². The molecule has 0 radical (unpaired) electrons. The van der Waals surface area contributed by atoms with Crippen molar-refractivity contribution in [2.24, 2.45) is 5.92 Å². The first-order valence-corrected chi connectivity index (χ1v) is 15.5. The minimum atomic E-state index is -1.92. The molecule has 1 aromatic carbocycles. The molecule has 1 N–H and O–H groups in total. The molecule has 2 aromatic rings. The number of ether oxygens (including phenoxy) is 1. The van der Waals surface area contributed by atoms with Gasteiger partial charge < -0.3 is 9.84 Å². The van der Waals surface area contributed by atoms with Crippen molar-refractivity contribution in [3.05, 3.63) is 57.1 Å². The standard InChI is InChI=1S/C33H42FNO4.C2H6/c1-8-11-12-21-13-14-23-20(7)26(34)16-27-29(23)28(21)22(9-2)30(35-27)19(6)15-25-24(31(36)18(4)5)17-39-32(37)33(25,38)10-3;1-2/h15-16,18,21,38H,8-14,17H2,1-7H3;1-2H3/b19-15+;. The van der Waals surface area contributed by atoms with E-state index in [0.29, 0.717) is 22.6 Å². The Morgan fingerprint density at radius 3 is 2.54 bits per heavy atom. The van der Waals surface area contributed by atoms with Crippen LogP contribution in [-0.2, 0) is 27.2 Å². The van der Waals surface area contributed by atoms with E-state index < -0.39 is 11.6 Å². The number of halogens is 1. The number of hydrogen-bond acceptors (Lipinski definition) is 5. The quantitative estimate of drug-likeness (QED) is 0.311. The maximum atomic E-state index is 15.1. The number of benzene rings is 1. The summed E-state index contributed by atoms with van der Waals surface area (Å²) in [4.78, 5) is 30.9. The van der Waals surface area contributed by atoms with Crippen molar-refractivity contribution in [2.75, 3.05) is 6.61 Å². The number of rotatable bonds is 9. The van der Waals surface area contributed by atoms with Crippen molar-refractivity contribution >= 4 is 28.2 Å². The van der Waals surface area contributed by atoms with Crippen LogP contribution < -0.4 is 0 Å². The summed E-state index contributed by atoms with van der Waals surface area (Å²) < 4.78 is 20.3. The number of ketones is 1. The molecule has 0 amide bonds. The average Bonchev–Trinajstić information content (AvgIpc) is 2.97. The first kappa shape index (κ1) is 32.7. The summed E-state index contributed by atoms with van der Waals surface area (Å²) in [6.45, 7) is 17.2. The van der Waals surface area contributed by atoms with E-state index in [1.54, 1.807) is 32.9 Å². The van der Waals surface area contributed by atoms with Gasteiger partial charge in [-0.15, -0.1) is 0 Å². The molecule has 2 heterocycles. The third-order valence-electron chi connectivity index (χ3n) is 8.68. The molecule has 1 aliphatic heterocycles. The Balaban J connectivity index is 0.00000226. The SMILES string of the molecule is CC.CCCCC1CCc2c(C)c(F)cc3nc(/C(C)=C/C4=C(C(=O)C(C)C)COC(=O)C4(O)CC)c(CC)c1c23. The van der Waals surface area contributed by atoms with Gasteiger partial charge in [-0.1, -0.05) is 61.3 Å². The number of carbonyl (C=O) groups excluding carboxylic acids is 2. The Labute approximate surface area is 245 Å². The highest BCUT2D eigenvalue weighted by Crippen LogP contribution is 2.45. The molecule has 0 fully saturated rings. The van der Waals surface area contributed by atoms with E-state index in [4.69, 9.17) is 9.72 Å².